The van der Waals surface area contributed by atoms with Gasteiger partial charge in [0, 0.05) is 25.8 Å². The summed E-state index contributed by atoms with van der Waals surface area (Å²) in [6, 6.07) is 10.1. The summed E-state index contributed by atoms with van der Waals surface area (Å²) in [6.07, 6.45) is 1.93. The minimum atomic E-state index is 0.106. The SMILES string of the molecule is CSCC(=O)NCCN(C)c1ccccc1. The van der Waals surface area contributed by atoms with Gasteiger partial charge in [-0.1, -0.05) is 18.2 Å². The van der Waals surface area contributed by atoms with Gasteiger partial charge in [-0.3, -0.25) is 4.79 Å². The molecule has 1 aromatic rings. The van der Waals surface area contributed by atoms with Crippen molar-refractivity contribution in [3.05, 3.63) is 30.3 Å². The van der Waals surface area contributed by atoms with Gasteiger partial charge >= 0.3 is 0 Å². The van der Waals surface area contributed by atoms with Gasteiger partial charge in [0.2, 0.25) is 5.91 Å². The van der Waals surface area contributed by atoms with Crippen molar-refractivity contribution < 1.29 is 4.79 Å². The fourth-order valence-corrected chi connectivity index (χ4v) is 1.72. The number of thioether (sulfide) groups is 1. The number of hydrogen-bond acceptors (Lipinski definition) is 3. The van der Waals surface area contributed by atoms with Gasteiger partial charge < -0.3 is 10.2 Å². The number of nitrogens with one attached hydrogen (secondary N) is 1. The molecule has 0 fully saturated rings. The Bertz CT molecular complexity index is 316. The minimum Gasteiger partial charge on any atom is -0.373 e. The van der Waals surface area contributed by atoms with Crippen molar-refractivity contribution in [2.24, 2.45) is 0 Å². The van der Waals surface area contributed by atoms with Crippen LogP contribution in [-0.2, 0) is 4.79 Å². The van der Waals surface area contributed by atoms with E-state index in [0.29, 0.717) is 12.3 Å². The molecule has 1 rings (SSSR count). The van der Waals surface area contributed by atoms with Gasteiger partial charge in [0.1, 0.15) is 0 Å². The fourth-order valence-electron chi connectivity index (χ4n) is 1.36. The van der Waals surface area contributed by atoms with E-state index in [1.165, 1.54) is 17.4 Å². The van der Waals surface area contributed by atoms with Crippen LogP contribution in [-0.4, -0.2) is 38.1 Å². The zero-order chi connectivity index (χ0) is 11.8. The average molecular weight is 238 g/mol. The van der Waals surface area contributed by atoms with Gasteiger partial charge in [0.25, 0.3) is 0 Å². The molecule has 4 heteroatoms. The molecule has 0 radical (unpaired) electrons. The van der Waals surface area contributed by atoms with Crippen LogP contribution in [0.4, 0.5) is 5.69 Å². The maximum atomic E-state index is 11.2. The summed E-state index contributed by atoms with van der Waals surface area (Å²) in [7, 11) is 2.02. The molecule has 88 valence electrons. The summed E-state index contributed by atoms with van der Waals surface area (Å²) < 4.78 is 0. The number of anilines is 1. The monoisotopic (exact) mass is 238 g/mol. The number of nitrogens with zero attached hydrogens (tertiary/aromatic N) is 1. The molecule has 0 aliphatic heterocycles. The summed E-state index contributed by atoms with van der Waals surface area (Å²) in [5.74, 6) is 0.642. The summed E-state index contributed by atoms with van der Waals surface area (Å²) in [6.45, 7) is 1.51. The summed E-state index contributed by atoms with van der Waals surface area (Å²) >= 11 is 1.54. The lowest BCUT2D eigenvalue weighted by Gasteiger charge is -2.19. The second-order valence-corrected chi connectivity index (χ2v) is 4.41. The molecule has 1 amide bonds. The summed E-state index contributed by atoms with van der Waals surface area (Å²) in [5.41, 5.74) is 1.17. The number of carbonyl (C=O) groups is 1. The van der Waals surface area contributed by atoms with Gasteiger partial charge in [-0.2, -0.15) is 11.8 Å². The first-order valence-corrected chi connectivity index (χ1v) is 6.65. The highest BCUT2D eigenvalue weighted by Gasteiger charge is 2.01. The van der Waals surface area contributed by atoms with E-state index in [1.54, 1.807) is 0 Å². The van der Waals surface area contributed by atoms with Gasteiger partial charge in [0.15, 0.2) is 0 Å². The molecule has 0 bridgehead atoms. The largest absolute Gasteiger partial charge is 0.373 e. The molecule has 3 nitrogen and oxygen atoms in total. The van der Waals surface area contributed by atoms with E-state index in [9.17, 15) is 4.79 Å². The third-order valence-electron chi connectivity index (χ3n) is 2.24. The number of amides is 1. The fraction of sp³-hybridized carbons (Fsp3) is 0.417. The van der Waals surface area contributed by atoms with Crippen LogP contribution in [0.5, 0.6) is 0 Å². The van der Waals surface area contributed by atoms with E-state index in [0.717, 1.165) is 6.54 Å². The molecule has 0 spiro atoms. The molecule has 0 atom stereocenters. The van der Waals surface area contributed by atoms with Crippen molar-refractivity contribution in [1.29, 1.82) is 0 Å². The predicted octanol–water partition coefficient (Wildman–Crippen LogP) is 1.60. The lowest BCUT2D eigenvalue weighted by molar-refractivity contribution is -0.118. The Labute approximate surface area is 101 Å². The van der Waals surface area contributed by atoms with Crippen LogP contribution in [0.1, 0.15) is 0 Å². The second-order valence-electron chi connectivity index (χ2n) is 3.54. The minimum absolute atomic E-state index is 0.106. The predicted molar refractivity (Wildman–Crippen MR) is 71.1 cm³/mol. The molecular weight excluding hydrogens is 220 g/mol. The molecule has 0 unspecified atom stereocenters. The van der Waals surface area contributed by atoms with Crippen LogP contribution in [0.2, 0.25) is 0 Å². The van der Waals surface area contributed by atoms with Crippen molar-refractivity contribution in [3.63, 3.8) is 0 Å². The lowest BCUT2D eigenvalue weighted by Crippen LogP contribution is -2.33. The Balaban J connectivity index is 2.26. The molecule has 0 heterocycles. The lowest BCUT2D eigenvalue weighted by atomic mass is 10.3. The van der Waals surface area contributed by atoms with Gasteiger partial charge in [-0.25, -0.2) is 0 Å². The van der Waals surface area contributed by atoms with E-state index in [2.05, 4.69) is 22.3 Å². The van der Waals surface area contributed by atoms with Gasteiger partial charge in [0.05, 0.1) is 5.75 Å². The van der Waals surface area contributed by atoms with E-state index in [-0.39, 0.29) is 5.91 Å². The van der Waals surface area contributed by atoms with E-state index in [4.69, 9.17) is 0 Å². The van der Waals surface area contributed by atoms with Crippen LogP contribution in [0, 0.1) is 0 Å². The van der Waals surface area contributed by atoms with Crippen molar-refractivity contribution >= 4 is 23.4 Å². The Morgan fingerprint density at radius 1 is 1.38 bits per heavy atom. The molecule has 0 saturated heterocycles. The number of hydrogen-bond donors (Lipinski definition) is 1. The summed E-state index contributed by atoms with van der Waals surface area (Å²) in [5, 5.41) is 2.88. The van der Waals surface area contributed by atoms with E-state index >= 15 is 0 Å². The third kappa shape index (κ3) is 4.57. The first-order valence-electron chi connectivity index (χ1n) is 5.26. The van der Waals surface area contributed by atoms with E-state index < -0.39 is 0 Å². The highest BCUT2D eigenvalue weighted by atomic mass is 32.2. The van der Waals surface area contributed by atoms with E-state index in [1.807, 2.05) is 31.5 Å². The molecule has 0 saturated carbocycles. The standard InChI is InChI=1S/C12H18N2OS/c1-14(11-6-4-3-5-7-11)9-8-13-12(15)10-16-2/h3-7H,8-10H2,1-2H3,(H,13,15). The Hall–Kier alpha value is -1.16. The number of para-hydroxylation sites is 1. The zero-order valence-corrected chi connectivity index (χ0v) is 10.6. The zero-order valence-electron chi connectivity index (χ0n) is 9.77. The normalized spacial score (nSPS) is 9.88. The molecular formula is C12H18N2OS. The highest BCUT2D eigenvalue weighted by molar-refractivity contribution is 7.99. The van der Waals surface area contributed by atoms with Crippen LogP contribution in [0.25, 0.3) is 0 Å². The molecule has 0 aliphatic rings. The Morgan fingerprint density at radius 2 is 2.06 bits per heavy atom. The maximum absolute atomic E-state index is 11.2. The van der Waals surface area contributed by atoms with Crippen LogP contribution in [0.3, 0.4) is 0 Å². The van der Waals surface area contributed by atoms with Crippen LogP contribution >= 0.6 is 11.8 Å². The maximum Gasteiger partial charge on any atom is 0.230 e. The molecule has 16 heavy (non-hydrogen) atoms. The average Bonchev–Trinajstić information content (AvgIpc) is 2.30. The van der Waals surface area contributed by atoms with Crippen LogP contribution < -0.4 is 10.2 Å². The first-order chi connectivity index (χ1) is 7.74. The van der Waals surface area contributed by atoms with Crippen molar-refractivity contribution in [1.82, 2.24) is 5.32 Å². The molecule has 0 aliphatic carbocycles. The smallest absolute Gasteiger partial charge is 0.230 e. The number of rotatable bonds is 6. The first kappa shape index (κ1) is 12.9. The molecule has 1 aromatic carbocycles. The van der Waals surface area contributed by atoms with Crippen molar-refractivity contribution in [2.45, 2.75) is 0 Å². The van der Waals surface area contributed by atoms with Crippen molar-refractivity contribution in [2.75, 3.05) is 37.0 Å². The quantitative estimate of drug-likeness (QED) is 0.817. The number of benzene rings is 1. The molecule has 1 N–H and O–H groups in total. The molecule has 0 aromatic heterocycles. The highest BCUT2D eigenvalue weighted by Crippen LogP contribution is 2.09. The topological polar surface area (TPSA) is 32.3 Å². The van der Waals surface area contributed by atoms with Gasteiger partial charge in [-0.15, -0.1) is 0 Å². The summed E-state index contributed by atoms with van der Waals surface area (Å²) in [4.78, 5) is 13.3. The van der Waals surface area contributed by atoms with Gasteiger partial charge in [-0.05, 0) is 18.4 Å². The van der Waals surface area contributed by atoms with Crippen molar-refractivity contribution in [3.8, 4) is 0 Å². The number of carbonyl (C=O) groups excluding carboxylic acids is 1. The number of likely N-dealkylation sites (N-methyl/N-ethyl adjacent to an activating group) is 1. The Kier molecular flexibility index (Phi) is 5.78. The van der Waals surface area contributed by atoms with Crippen LogP contribution in [0.15, 0.2) is 30.3 Å². The third-order valence-corrected chi connectivity index (χ3v) is 2.79. The Morgan fingerprint density at radius 3 is 2.69 bits per heavy atom. The second kappa shape index (κ2) is 7.17.